The van der Waals surface area contributed by atoms with E-state index in [2.05, 4.69) is 13.8 Å². The van der Waals surface area contributed by atoms with E-state index in [0.717, 1.165) is 12.8 Å². The van der Waals surface area contributed by atoms with Gasteiger partial charge in [-0.3, -0.25) is 4.79 Å². The minimum Gasteiger partial charge on any atom is -0.330 e. The summed E-state index contributed by atoms with van der Waals surface area (Å²) in [6, 6.07) is 6.44. The number of carbonyl (C=O) groups excluding carboxylic acids is 1. The maximum absolute atomic E-state index is 13.4. The standard InChI is InChI=1S/C15H22FNO/c1-15(2,9-10-17)8-7-13(18)11-12-5-3-4-6-14(12)16/h3-6H,7-11,17H2,1-2H3. The van der Waals surface area contributed by atoms with Gasteiger partial charge in [0.1, 0.15) is 11.6 Å². The lowest BCUT2D eigenvalue weighted by atomic mass is 9.83. The van der Waals surface area contributed by atoms with Crippen LogP contribution < -0.4 is 5.73 Å². The number of Topliss-reactive ketones (excluding diaryl/α,β-unsaturated/α-hetero) is 1. The molecule has 0 fully saturated rings. The van der Waals surface area contributed by atoms with Crippen molar-refractivity contribution in [3.8, 4) is 0 Å². The van der Waals surface area contributed by atoms with Crippen LogP contribution in [0.3, 0.4) is 0 Å². The summed E-state index contributed by atoms with van der Waals surface area (Å²) in [4.78, 5) is 11.8. The van der Waals surface area contributed by atoms with E-state index in [4.69, 9.17) is 5.73 Å². The van der Waals surface area contributed by atoms with E-state index in [1.165, 1.54) is 6.07 Å². The summed E-state index contributed by atoms with van der Waals surface area (Å²) in [6.07, 6.45) is 2.38. The first kappa shape index (κ1) is 14.8. The molecule has 0 saturated carbocycles. The van der Waals surface area contributed by atoms with E-state index >= 15 is 0 Å². The van der Waals surface area contributed by atoms with Crippen molar-refractivity contribution in [3.63, 3.8) is 0 Å². The van der Waals surface area contributed by atoms with Crippen LogP contribution in [-0.4, -0.2) is 12.3 Å². The first-order valence-electron chi connectivity index (χ1n) is 6.40. The van der Waals surface area contributed by atoms with Crippen LogP contribution in [0.4, 0.5) is 4.39 Å². The summed E-state index contributed by atoms with van der Waals surface area (Å²) in [5.74, 6) is -0.211. The first-order valence-corrected chi connectivity index (χ1v) is 6.40. The highest BCUT2D eigenvalue weighted by molar-refractivity contribution is 5.80. The fraction of sp³-hybridized carbons (Fsp3) is 0.533. The second-order valence-corrected chi connectivity index (χ2v) is 5.51. The van der Waals surface area contributed by atoms with Crippen LogP contribution in [0.15, 0.2) is 24.3 Å². The predicted octanol–water partition coefficient (Wildman–Crippen LogP) is 3.09. The Bertz CT molecular complexity index is 401. The quantitative estimate of drug-likeness (QED) is 0.809. The normalized spacial score (nSPS) is 11.6. The molecule has 0 unspecified atom stereocenters. The van der Waals surface area contributed by atoms with Crippen molar-refractivity contribution in [2.75, 3.05) is 6.54 Å². The summed E-state index contributed by atoms with van der Waals surface area (Å²) in [5.41, 5.74) is 6.10. The third kappa shape index (κ3) is 4.96. The molecule has 100 valence electrons. The Morgan fingerprint density at radius 3 is 2.56 bits per heavy atom. The third-order valence-electron chi connectivity index (χ3n) is 3.25. The van der Waals surface area contributed by atoms with Gasteiger partial charge in [0, 0.05) is 12.8 Å². The van der Waals surface area contributed by atoms with Gasteiger partial charge in [-0.15, -0.1) is 0 Å². The maximum Gasteiger partial charge on any atom is 0.137 e. The highest BCUT2D eigenvalue weighted by Gasteiger charge is 2.18. The van der Waals surface area contributed by atoms with E-state index < -0.39 is 0 Å². The fourth-order valence-corrected chi connectivity index (χ4v) is 1.94. The van der Waals surface area contributed by atoms with E-state index in [0.29, 0.717) is 18.5 Å². The largest absolute Gasteiger partial charge is 0.330 e. The van der Waals surface area contributed by atoms with Gasteiger partial charge < -0.3 is 5.73 Å². The molecule has 0 radical (unpaired) electrons. The van der Waals surface area contributed by atoms with Gasteiger partial charge >= 0.3 is 0 Å². The topological polar surface area (TPSA) is 43.1 Å². The number of hydrogen-bond donors (Lipinski definition) is 1. The average molecular weight is 251 g/mol. The lowest BCUT2D eigenvalue weighted by molar-refractivity contribution is -0.119. The van der Waals surface area contributed by atoms with Crippen molar-refractivity contribution < 1.29 is 9.18 Å². The number of ketones is 1. The molecule has 0 amide bonds. The lowest BCUT2D eigenvalue weighted by Gasteiger charge is -2.23. The van der Waals surface area contributed by atoms with Gasteiger partial charge in [0.25, 0.3) is 0 Å². The Morgan fingerprint density at radius 1 is 1.28 bits per heavy atom. The van der Waals surface area contributed by atoms with Gasteiger partial charge in [0.15, 0.2) is 0 Å². The van der Waals surface area contributed by atoms with Crippen molar-refractivity contribution in [2.24, 2.45) is 11.1 Å². The Balaban J connectivity index is 2.46. The van der Waals surface area contributed by atoms with Crippen molar-refractivity contribution in [2.45, 2.75) is 39.5 Å². The van der Waals surface area contributed by atoms with Crippen molar-refractivity contribution >= 4 is 5.78 Å². The van der Waals surface area contributed by atoms with Crippen LogP contribution in [0.2, 0.25) is 0 Å². The maximum atomic E-state index is 13.4. The lowest BCUT2D eigenvalue weighted by Crippen LogP contribution is -2.19. The number of nitrogens with two attached hydrogens (primary N) is 1. The summed E-state index contributed by atoms with van der Waals surface area (Å²) in [6.45, 7) is 4.85. The summed E-state index contributed by atoms with van der Waals surface area (Å²) < 4.78 is 13.4. The first-order chi connectivity index (χ1) is 8.44. The van der Waals surface area contributed by atoms with E-state index in [-0.39, 0.29) is 23.4 Å². The Kier molecular flexibility index (Phi) is 5.48. The molecular formula is C15H22FNO. The van der Waals surface area contributed by atoms with Crippen LogP contribution in [0.1, 0.15) is 38.7 Å². The van der Waals surface area contributed by atoms with Crippen LogP contribution in [0.5, 0.6) is 0 Å². The highest BCUT2D eigenvalue weighted by atomic mass is 19.1. The zero-order valence-electron chi connectivity index (χ0n) is 11.2. The molecule has 0 atom stereocenters. The molecule has 0 aliphatic heterocycles. The molecule has 0 spiro atoms. The van der Waals surface area contributed by atoms with Crippen LogP contribution >= 0.6 is 0 Å². The molecule has 1 rings (SSSR count). The number of hydrogen-bond acceptors (Lipinski definition) is 2. The molecule has 0 aliphatic carbocycles. The Morgan fingerprint density at radius 2 is 1.94 bits per heavy atom. The molecule has 0 aliphatic rings. The highest BCUT2D eigenvalue weighted by Crippen LogP contribution is 2.26. The molecule has 0 aromatic heterocycles. The second kappa shape index (κ2) is 6.64. The molecule has 18 heavy (non-hydrogen) atoms. The monoisotopic (exact) mass is 251 g/mol. The van der Waals surface area contributed by atoms with E-state index in [1.54, 1.807) is 18.2 Å². The van der Waals surface area contributed by atoms with Gasteiger partial charge in [-0.2, -0.15) is 0 Å². The number of benzene rings is 1. The van der Waals surface area contributed by atoms with Crippen LogP contribution in [0, 0.1) is 11.2 Å². The molecule has 1 aromatic carbocycles. The molecule has 2 nitrogen and oxygen atoms in total. The molecule has 0 heterocycles. The van der Waals surface area contributed by atoms with Gasteiger partial charge in [-0.05, 0) is 36.4 Å². The number of rotatable bonds is 7. The summed E-state index contributed by atoms with van der Waals surface area (Å²) >= 11 is 0. The van der Waals surface area contributed by atoms with Crippen molar-refractivity contribution in [1.82, 2.24) is 0 Å². The molecular weight excluding hydrogens is 229 g/mol. The van der Waals surface area contributed by atoms with Gasteiger partial charge in [-0.25, -0.2) is 4.39 Å². The SMILES string of the molecule is CC(C)(CCN)CCC(=O)Cc1ccccc1F. The minimum atomic E-state index is -0.299. The summed E-state index contributed by atoms with van der Waals surface area (Å²) in [7, 11) is 0. The predicted molar refractivity (Wildman–Crippen MR) is 71.8 cm³/mol. The Labute approximate surface area is 108 Å². The zero-order chi connectivity index (χ0) is 13.6. The molecule has 0 saturated heterocycles. The van der Waals surface area contributed by atoms with Crippen LogP contribution in [-0.2, 0) is 11.2 Å². The smallest absolute Gasteiger partial charge is 0.137 e. The average Bonchev–Trinajstić information content (AvgIpc) is 2.30. The second-order valence-electron chi connectivity index (χ2n) is 5.51. The van der Waals surface area contributed by atoms with Crippen molar-refractivity contribution in [1.29, 1.82) is 0 Å². The third-order valence-corrected chi connectivity index (χ3v) is 3.25. The molecule has 1 aromatic rings. The van der Waals surface area contributed by atoms with Crippen LogP contribution in [0.25, 0.3) is 0 Å². The van der Waals surface area contributed by atoms with Crippen molar-refractivity contribution in [3.05, 3.63) is 35.6 Å². The van der Waals surface area contributed by atoms with Gasteiger partial charge in [-0.1, -0.05) is 32.0 Å². The van der Waals surface area contributed by atoms with Gasteiger partial charge in [0.05, 0.1) is 0 Å². The molecule has 0 bridgehead atoms. The van der Waals surface area contributed by atoms with E-state index in [1.807, 2.05) is 0 Å². The minimum absolute atomic E-state index is 0.0830. The van der Waals surface area contributed by atoms with E-state index in [9.17, 15) is 9.18 Å². The molecule has 3 heteroatoms. The van der Waals surface area contributed by atoms with Gasteiger partial charge in [0.2, 0.25) is 0 Å². The number of carbonyl (C=O) groups is 1. The Hall–Kier alpha value is -1.22. The number of halogens is 1. The summed E-state index contributed by atoms with van der Waals surface area (Å²) in [5, 5.41) is 0. The molecule has 2 N–H and O–H groups in total. The fourth-order valence-electron chi connectivity index (χ4n) is 1.94. The zero-order valence-corrected chi connectivity index (χ0v) is 11.2.